The average Bonchev–Trinajstić information content (AvgIpc) is 2.34. The molecule has 2 nitrogen and oxygen atoms in total. The van der Waals surface area contributed by atoms with E-state index in [9.17, 15) is 0 Å². The summed E-state index contributed by atoms with van der Waals surface area (Å²) < 4.78 is 1.09. The van der Waals surface area contributed by atoms with E-state index >= 15 is 0 Å². The lowest BCUT2D eigenvalue weighted by molar-refractivity contribution is 1.45. The number of fused-ring (bicyclic) bond motifs is 1. The summed E-state index contributed by atoms with van der Waals surface area (Å²) in [6.07, 6.45) is 0. The topological polar surface area (TPSA) is 38.9 Å². The van der Waals surface area contributed by atoms with Crippen molar-refractivity contribution < 1.29 is 0 Å². The van der Waals surface area contributed by atoms with Crippen LogP contribution in [0.3, 0.4) is 0 Å². The van der Waals surface area contributed by atoms with Crippen molar-refractivity contribution in [1.29, 1.82) is 0 Å². The van der Waals surface area contributed by atoms with Crippen LogP contribution in [0.2, 0.25) is 0 Å². The number of hydrogen-bond acceptors (Lipinski definition) is 3. The molecule has 3 heteroatoms. The van der Waals surface area contributed by atoms with E-state index in [-0.39, 0.29) is 0 Å². The first-order valence-electron chi connectivity index (χ1n) is 3.37. The van der Waals surface area contributed by atoms with Gasteiger partial charge in [0.15, 0.2) is 0 Å². The molecule has 0 radical (unpaired) electrons. The maximum absolute atomic E-state index is 5.77. The highest BCUT2D eigenvalue weighted by Crippen LogP contribution is 2.25. The van der Waals surface area contributed by atoms with E-state index in [1.54, 1.807) is 11.3 Å². The molecule has 0 saturated carbocycles. The Morgan fingerprint density at radius 2 is 2.27 bits per heavy atom. The van der Waals surface area contributed by atoms with Crippen LogP contribution in [0, 0.1) is 6.92 Å². The van der Waals surface area contributed by atoms with Crippen molar-refractivity contribution in [2.24, 2.45) is 0 Å². The Kier molecular flexibility index (Phi) is 1.32. The minimum Gasteiger partial charge on any atom is -0.398 e. The Hall–Kier alpha value is -1.09. The molecule has 0 bridgehead atoms. The highest BCUT2D eigenvalue weighted by Gasteiger charge is 2.00. The van der Waals surface area contributed by atoms with E-state index in [4.69, 9.17) is 5.73 Å². The summed E-state index contributed by atoms with van der Waals surface area (Å²) >= 11 is 1.59. The molecule has 0 aliphatic heterocycles. The minimum absolute atomic E-state index is 0.836. The van der Waals surface area contributed by atoms with Crippen molar-refractivity contribution >= 4 is 27.2 Å². The van der Waals surface area contributed by atoms with E-state index in [0.717, 1.165) is 15.9 Å². The molecule has 1 aromatic heterocycles. The zero-order valence-electron chi connectivity index (χ0n) is 6.16. The van der Waals surface area contributed by atoms with Crippen molar-refractivity contribution in [3.8, 4) is 0 Å². The average molecular weight is 164 g/mol. The molecule has 1 heterocycles. The zero-order valence-corrected chi connectivity index (χ0v) is 6.98. The predicted octanol–water partition coefficient (Wildman–Crippen LogP) is 2.19. The van der Waals surface area contributed by atoms with E-state index in [0.29, 0.717) is 0 Å². The Bertz CT molecular complexity index is 392. The van der Waals surface area contributed by atoms with Gasteiger partial charge in [-0.25, -0.2) is 4.98 Å². The number of thiazole rings is 1. The summed E-state index contributed by atoms with van der Waals surface area (Å²) in [7, 11) is 0. The predicted molar refractivity (Wildman–Crippen MR) is 48.8 cm³/mol. The highest BCUT2D eigenvalue weighted by molar-refractivity contribution is 7.17. The van der Waals surface area contributed by atoms with Gasteiger partial charge >= 0.3 is 0 Å². The number of rotatable bonds is 0. The lowest BCUT2D eigenvalue weighted by Gasteiger charge is -1.95. The minimum atomic E-state index is 0.836. The van der Waals surface area contributed by atoms with Gasteiger partial charge in [0.1, 0.15) is 0 Å². The maximum Gasteiger partial charge on any atom is 0.0835 e. The summed E-state index contributed by atoms with van der Waals surface area (Å²) in [5.74, 6) is 0. The molecule has 0 aliphatic carbocycles. The lowest BCUT2D eigenvalue weighted by atomic mass is 10.2. The van der Waals surface area contributed by atoms with Gasteiger partial charge in [-0.3, -0.25) is 0 Å². The molecule has 0 fully saturated rings. The molecule has 0 saturated heterocycles. The number of aryl methyl sites for hydroxylation is 1. The van der Waals surface area contributed by atoms with Crippen LogP contribution >= 0.6 is 11.3 Å². The molecule has 2 N–H and O–H groups in total. The fourth-order valence-electron chi connectivity index (χ4n) is 1.14. The number of nitrogen functional groups attached to an aromatic ring is 1. The quantitative estimate of drug-likeness (QED) is 0.606. The summed E-state index contributed by atoms with van der Waals surface area (Å²) in [5.41, 5.74) is 10.6. The van der Waals surface area contributed by atoms with Crippen LogP contribution in [0.4, 0.5) is 5.69 Å². The van der Waals surface area contributed by atoms with Crippen molar-refractivity contribution in [3.63, 3.8) is 0 Å². The van der Waals surface area contributed by atoms with Crippen molar-refractivity contribution in [1.82, 2.24) is 4.98 Å². The molecule has 11 heavy (non-hydrogen) atoms. The lowest BCUT2D eigenvalue weighted by Crippen LogP contribution is -1.85. The van der Waals surface area contributed by atoms with Gasteiger partial charge in [-0.1, -0.05) is 0 Å². The van der Waals surface area contributed by atoms with Gasteiger partial charge in [0.2, 0.25) is 0 Å². The van der Waals surface area contributed by atoms with Gasteiger partial charge in [0.05, 0.1) is 21.4 Å². The van der Waals surface area contributed by atoms with Crippen molar-refractivity contribution in [2.45, 2.75) is 6.92 Å². The summed E-state index contributed by atoms with van der Waals surface area (Å²) in [6.45, 7) is 2.02. The van der Waals surface area contributed by atoms with Gasteiger partial charge in [-0.05, 0) is 24.6 Å². The summed E-state index contributed by atoms with van der Waals surface area (Å²) in [5, 5.41) is 0. The Balaban J connectivity index is 2.91. The third-order valence-electron chi connectivity index (χ3n) is 1.60. The van der Waals surface area contributed by atoms with Gasteiger partial charge in [0, 0.05) is 0 Å². The molecular weight excluding hydrogens is 156 g/mol. The smallest absolute Gasteiger partial charge is 0.0835 e. The molecule has 2 rings (SSSR count). The van der Waals surface area contributed by atoms with Crippen molar-refractivity contribution in [3.05, 3.63) is 23.2 Å². The zero-order chi connectivity index (χ0) is 7.84. The number of benzene rings is 1. The molecule has 0 atom stereocenters. The highest BCUT2D eigenvalue weighted by atomic mass is 32.1. The van der Waals surface area contributed by atoms with Crippen LogP contribution in [-0.4, -0.2) is 4.98 Å². The monoisotopic (exact) mass is 164 g/mol. The Morgan fingerprint density at radius 1 is 1.45 bits per heavy atom. The Morgan fingerprint density at radius 3 is 3.09 bits per heavy atom. The van der Waals surface area contributed by atoms with Gasteiger partial charge < -0.3 is 5.73 Å². The number of hydrogen-bond donors (Lipinski definition) is 1. The molecular formula is C8H8N2S. The molecule has 0 spiro atoms. The summed E-state index contributed by atoms with van der Waals surface area (Å²) in [4.78, 5) is 4.18. The molecule has 0 unspecified atom stereocenters. The second-order valence-corrected chi connectivity index (χ2v) is 3.41. The standard InChI is InChI=1S/C8H8N2S/c1-5-2-6(9)8-7(3-5)10-4-11-8/h2-4H,9H2,1H3. The molecule has 0 amide bonds. The Labute approximate surface area is 68.7 Å². The van der Waals surface area contributed by atoms with E-state index in [1.807, 2.05) is 24.6 Å². The van der Waals surface area contributed by atoms with Crippen LogP contribution in [0.1, 0.15) is 5.56 Å². The molecule has 56 valence electrons. The number of aromatic nitrogens is 1. The fraction of sp³-hybridized carbons (Fsp3) is 0.125. The van der Waals surface area contributed by atoms with E-state index < -0.39 is 0 Å². The van der Waals surface area contributed by atoms with E-state index in [2.05, 4.69) is 4.98 Å². The van der Waals surface area contributed by atoms with Crippen LogP contribution < -0.4 is 5.73 Å². The van der Waals surface area contributed by atoms with Gasteiger partial charge in [-0.2, -0.15) is 0 Å². The first kappa shape index (κ1) is 6.61. The maximum atomic E-state index is 5.77. The first-order chi connectivity index (χ1) is 5.27. The van der Waals surface area contributed by atoms with Crippen LogP contribution in [0.5, 0.6) is 0 Å². The fourth-order valence-corrected chi connectivity index (χ4v) is 1.84. The van der Waals surface area contributed by atoms with E-state index in [1.165, 1.54) is 5.56 Å². The summed E-state index contributed by atoms with van der Waals surface area (Å²) in [6, 6.07) is 4.02. The normalized spacial score (nSPS) is 10.6. The second kappa shape index (κ2) is 2.20. The number of nitrogens with two attached hydrogens (primary N) is 1. The van der Waals surface area contributed by atoms with Crippen LogP contribution in [0.25, 0.3) is 10.2 Å². The number of anilines is 1. The number of nitrogens with zero attached hydrogens (tertiary/aromatic N) is 1. The SMILES string of the molecule is Cc1cc(N)c2scnc2c1. The van der Waals surface area contributed by atoms with Gasteiger partial charge in [0.25, 0.3) is 0 Å². The molecule has 1 aromatic carbocycles. The second-order valence-electron chi connectivity index (χ2n) is 2.55. The largest absolute Gasteiger partial charge is 0.398 e. The molecule has 0 aliphatic rings. The van der Waals surface area contributed by atoms with Gasteiger partial charge in [-0.15, -0.1) is 11.3 Å². The van der Waals surface area contributed by atoms with Crippen molar-refractivity contribution in [2.75, 3.05) is 5.73 Å². The third kappa shape index (κ3) is 0.973. The first-order valence-corrected chi connectivity index (χ1v) is 4.24. The van der Waals surface area contributed by atoms with Crippen LogP contribution in [0.15, 0.2) is 17.6 Å². The molecule has 2 aromatic rings. The van der Waals surface area contributed by atoms with Crippen LogP contribution in [-0.2, 0) is 0 Å². The third-order valence-corrected chi connectivity index (χ3v) is 2.50.